The van der Waals surface area contributed by atoms with Crippen molar-refractivity contribution in [3.8, 4) is 5.75 Å². The van der Waals surface area contributed by atoms with Gasteiger partial charge in [-0.3, -0.25) is 9.59 Å². The minimum atomic E-state index is -0.863. The van der Waals surface area contributed by atoms with E-state index in [4.69, 9.17) is 9.84 Å². The average molecular weight is 339 g/mol. The molecule has 1 unspecified atom stereocenters. The Morgan fingerprint density at radius 2 is 1.91 bits per heavy atom. The molecular weight excluding hydrogens is 314 g/mol. The molecule has 0 heterocycles. The van der Waals surface area contributed by atoms with E-state index in [0.29, 0.717) is 13.0 Å². The van der Waals surface area contributed by atoms with Gasteiger partial charge in [-0.2, -0.15) is 0 Å². The van der Waals surface area contributed by atoms with Gasteiger partial charge in [0.1, 0.15) is 5.75 Å². The number of rotatable bonds is 10. The minimum Gasteiger partial charge on any atom is -0.494 e. The Labute approximate surface area is 141 Å². The van der Waals surface area contributed by atoms with Crippen molar-refractivity contribution in [2.75, 3.05) is 18.9 Å². The number of carbonyl (C=O) groups excluding carboxylic acids is 1. The minimum absolute atomic E-state index is 0.154. The summed E-state index contributed by atoms with van der Waals surface area (Å²) in [5.41, 5.74) is 0. The molecule has 1 amide bonds. The highest BCUT2D eigenvalue weighted by molar-refractivity contribution is 8.00. The van der Waals surface area contributed by atoms with E-state index < -0.39 is 11.9 Å². The number of aliphatic carboxylic acids is 1. The van der Waals surface area contributed by atoms with E-state index in [9.17, 15) is 9.59 Å². The lowest BCUT2D eigenvalue weighted by Crippen LogP contribution is -2.34. The SMILES string of the molecule is CCOc1ccc(SCC(=O)NCC(CC(C)C)C(=O)O)cc1. The van der Waals surface area contributed by atoms with Crippen LogP contribution in [0.25, 0.3) is 0 Å². The van der Waals surface area contributed by atoms with Crippen LogP contribution in [0.2, 0.25) is 0 Å². The van der Waals surface area contributed by atoms with Crippen LogP contribution in [-0.2, 0) is 9.59 Å². The molecule has 0 aliphatic heterocycles. The number of hydrogen-bond donors (Lipinski definition) is 2. The molecule has 1 aromatic rings. The van der Waals surface area contributed by atoms with E-state index in [-0.39, 0.29) is 24.1 Å². The molecule has 0 saturated heterocycles. The van der Waals surface area contributed by atoms with E-state index >= 15 is 0 Å². The van der Waals surface area contributed by atoms with Crippen LogP contribution in [-0.4, -0.2) is 35.9 Å². The second-order valence-corrected chi connectivity index (χ2v) is 6.71. The fraction of sp³-hybridized carbons (Fsp3) is 0.529. The summed E-state index contributed by atoms with van der Waals surface area (Å²) in [6, 6.07) is 7.54. The highest BCUT2D eigenvalue weighted by Gasteiger charge is 2.19. The number of hydrogen-bond acceptors (Lipinski definition) is 4. The fourth-order valence-corrected chi connectivity index (χ4v) is 2.80. The van der Waals surface area contributed by atoms with Gasteiger partial charge < -0.3 is 15.2 Å². The van der Waals surface area contributed by atoms with Crippen LogP contribution in [0.1, 0.15) is 27.2 Å². The van der Waals surface area contributed by atoms with Gasteiger partial charge in [0.2, 0.25) is 5.91 Å². The van der Waals surface area contributed by atoms with Crippen LogP contribution < -0.4 is 10.1 Å². The van der Waals surface area contributed by atoms with Crippen molar-refractivity contribution >= 4 is 23.6 Å². The standard InChI is InChI=1S/C17H25NO4S/c1-4-22-14-5-7-15(8-6-14)23-11-16(19)18-10-13(17(20)21)9-12(2)3/h5-8,12-13H,4,9-11H2,1-3H3,(H,18,19)(H,20,21). The maximum atomic E-state index is 11.8. The number of carboxylic acid groups (broad SMARTS) is 1. The zero-order chi connectivity index (χ0) is 17.2. The van der Waals surface area contributed by atoms with Gasteiger partial charge in [0, 0.05) is 11.4 Å². The molecule has 6 heteroatoms. The smallest absolute Gasteiger partial charge is 0.308 e. The van der Waals surface area contributed by atoms with Crippen molar-refractivity contribution in [1.82, 2.24) is 5.32 Å². The Morgan fingerprint density at radius 3 is 2.43 bits per heavy atom. The molecule has 0 saturated carbocycles. The second-order valence-electron chi connectivity index (χ2n) is 5.66. The number of nitrogens with one attached hydrogen (secondary N) is 1. The monoisotopic (exact) mass is 339 g/mol. The first kappa shape index (κ1) is 19.4. The molecule has 1 rings (SSSR count). The van der Waals surface area contributed by atoms with E-state index in [0.717, 1.165) is 10.6 Å². The topological polar surface area (TPSA) is 75.6 Å². The fourth-order valence-electron chi connectivity index (χ4n) is 2.08. The molecule has 0 aromatic heterocycles. The van der Waals surface area contributed by atoms with Crippen molar-refractivity contribution in [3.05, 3.63) is 24.3 Å². The normalized spacial score (nSPS) is 12.0. The van der Waals surface area contributed by atoms with E-state index in [1.165, 1.54) is 11.8 Å². The molecule has 0 radical (unpaired) electrons. The van der Waals surface area contributed by atoms with Crippen LogP contribution in [0.5, 0.6) is 5.75 Å². The summed E-state index contributed by atoms with van der Waals surface area (Å²) in [4.78, 5) is 24.0. The van der Waals surface area contributed by atoms with Gasteiger partial charge >= 0.3 is 5.97 Å². The third-order valence-electron chi connectivity index (χ3n) is 3.16. The molecule has 5 nitrogen and oxygen atoms in total. The summed E-state index contributed by atoms with van der Waals surface area (Å²) in [5, 5.41) is 11.9. The van der Waals surface area contributed by atoms with E-state index in [1.54, 1.807) is 0 Å². The lowest BCUT2D eigenvalue weighted by molar-refractivity contribution is -0.142. The van der Waals surface area contributed by atoms with Gasteiger partial charge in [0.25, 0.3) is 0 Å². The number of carbonyl (C=O) groups is 2. The number of carboxylic acids is 1. The number of ether oxygens (including phenoxy) is 1. The first-order chi connectivity index (χ1) is 10.9. The van der Waals surface area contributed by atoms with Crippen LogP contribution in [0.3, 0.4) is 0 Å². The van der Waals surface area contributed by atoms with Gasteiger partial charge in [-0.05, 0) is 43.5 Å². The predicted octanol–water partition coefficient (Wildman–Crippen LogP) is 3.04. The Balaban J connectivity index is 2.37. The molecule has 0 spiro atoms. The molecule has 2 N–H and O–H groups in total. The Morgan fingerprint density at radius 1 is 1.26 bits per heavy atom. The Kier molecular flexibility index (Phi) is 8.55. The molecule has 0 bridgehead atoms. The summed E-state index contributed by atoms with van der Waals surface area (Å²) >= 11 is 1.41. The van der Waals surface area contributed by atoms with Crippen LogP contribution in [0, 0.1) is 11.8 Å². The lowest BCUT2D eigenvalue weighted by atomic mass is 9.97. The third kappa shape index (κ3) is 7.93. The van der Waals surface area contributed by atoms with Crippen molar-refractivity contribution in [3.63, 3.8) is 0 Å². The quantitative estimate of drug-likeness (QED) is 0.641. The van der Waals surface area contributed by atoms with Crippen LogP contribution >= 0.6 is 11.8 Å². The van der Waals surface area contributed by atoms with Gasteiger partial charge in [0.15, 0.2) is 0 Å². The summed E-state index contributed by atoms with van der Waals surface area (Å²) < 4.78 is 5.36. The van der Waals surface area contributed by atoms with Gasteiger partial charge in [-0.25, -0.2) is 0 Å². The zero-order valence-corrected chi connectivity index (χ0v) is 14.7. The lowest BCUT2D eigenvalue weighted by Gasteiger charge is -2.15. The van der Waals surface area contributed by atoms with Crippen molar-refractivity contribution in [2.45, 2.75) is 32.1 Å². The summed E-state index contributed by atoms with van der Waals surface area (Å²) in [5.74, 6) is -0.195. The Bertz CT molecular complexity index is 502. The van der Waals surface area contributed by atoms with E-state index in [1.807, 2.05) is 45.0 Å². The summed E-state index contributed by atoms with van der Waals surface area (Å²) in [6.45, 7) is 6.67. The number of benzene rings is 1. The number of thioether (sulfide) groups is 1. The first-order valence-electron chi connectivity index (χ1n) is 7.77. The molecule has 0 aliphatic carbocycles. The molecular formula is C17H25NO4S. The average Bonchev–Trinajstić information content (AvgIpc) is 2.50. The van der Waals surface area contributed by atoms with Gasteiger partial charge in [-0.1, -0.05) is 13.8 Å². The first-order valence-corrected chi connectivity index (χ1v) is 8.76. The predicted molar refractivity (Wildman–Crippen MR) is 91.9 cm³/mol. The molecule has 1 aromatic carbocycles. The van der Waals surface area contributed by atoms with E-state index in [2.05, 4.69) is 5.32 Å². The molecule has 128 valence electrons. The van der Waals surface area contributed by atoms with Crippen molar-refractivity contribution in [2.24, 2.45) is 11.8 Å². The maximum Gasteiger partial charge on any atom is 0.308 e. The van der Waals surface area contributed by atoms with Crippen molar-refractivity contribution < 1.29 is 19.4 Å². The van der Waals surface area contributed by atoms with Gasteiger partial charge in [-0.15, -0.1) is 11.8 Å². The largest absolute Gasteiger partial charge is 0.494 e. The maximum absolute atomic E-state index is 11.8. The third-order valence-corrected chi connectivity index (χ3v) is 4.17. The zero-order valence-electron chi connectivity index (χ0n) is 13.9. The number of amides is 1. The molecule has 23 heavy (non-hydrogen) atoms. The Hall–Kier alpha value is -1.69. The second kappa shape index (κ2) is 10.2. The highest BCUT2D eigenvalue weighted by Crippen LogP contribution is 2.21. The van der Waals surface area contributed by atoms with Crippen LogP contribution in [0.4, 0.5) is 0 Å². The van der Waals surface area contributed by atoms with Crippen LogP contribution in [0.15, 0.2) is 29.2 Å². The molecule has 1 atom stereocenters. The van der Waals surface area contributed by atoms with Crippen molar-refractivity contribution in [1.29, 1.82) is 0 Å². The summed E-state index contributed by atoms with van der Waals surface area (Å²) in [7, 11) is 0. The summed E-state index contributed by atoms with van der Waals surface area (Å²) in [6.07, 6.45) is 0.557. The molecule has 0 fully saturated rings. The van der Waals surface area contributed by atoms with Gasteiger partial charge in [0.05, 0.1) is 18.3 Å². The molecule has 0 aliphatic rings. The highest BCUT2D eigenvalue weighted by atomic mass is 32.2.